The van der Waals surface area contributed by atoms with Gasteiger partial charge in [0.1, 0.15) is 0 Å². The second-order valence-electron chi connectivity index (χ2n) is 4.00. The zero-order valence-electron chi connectivity index (χ0n) is 10.9. The number of hydrogen-bond donors (Lipinski definition) is 2. The maximum Gasteiger partial charge on any atom is 0.318 e. The van der Waals surface area contributed by atoms with Crippen molar-refractivity contribution in [1.82, 2.24) is 15.5 Å². The molecule has 0 spiro atoms. The van der Waals surface area contributed by atoms with Gasteiger partial charge >= 0.3 is 6.03 Å². The van der Waals surface area contributed by atoms with Crippen molar-refractivity contribution in [1.29, 1.82) is 0 Å². The number of nitrogens with zero attached hydrogens (tertiary/aromatic N) is 2. The minimum absolute atomic E-state index is 0.206. The molecule has 0 radical (unpaired) electrons. The van der Waals surface area contributed by atoms with E-state index in [-0.39, 0.29) is 5.22 Å². The highest BCUT2D eigenvalue weighted by Crippen LogP contribution is 2.27. The standard InChI is InChI=1S/C12H11ClN4O3S/c1-6(9(18)15-11(14)19)21-12-17-16-10(20-12)7-3-2-4-8(13)5-7/h2-6H,1H3,(H3,14,15,18,19)/t6-/m1/s1. The maximum absolute atomic E-state index is 11.5. The summed E-state index contributed by atoms with van der Waals surface area (Å²) in [7, 11) is 0. The van der Waals surface area contributed by atoms with Gasteiger partial charge in [-0.2, -0.15) is 0 Å². The zero-order valence-corrected chi connectivity index (χ0v) is 12.4. The molecule has 21 heavy (non-hydrogen) atoms. The van der Waals surface area contributed by atoms with Crippen molar-refractivity contribution in [3.63, 3.8) is 0 Å². The van der Waals surface area contributed by atoms with Gasteiger partial charge in [-0.3, -0.25) is 10.1 Å². The Hall–Kier alpha value is -2.06. The van der Waals surface area contributed by atoms with E-state index in [1.165, 1.54) is 0 Å². The summed E-state index contributed by atoms with van der Waals surface area (Å²) < 4.78 is 5.44. The van der Waals surface area contributed by atoms with Crippen molar-refractivity contribution in [2.24, 2.45) is 5.73 Å². The maximum atomic E-state index is 11.5. The van der Waals surface area contributed by atoms with Crippen LogP contribution in [0.3, 0.4) is 0 Å². The first-order valence-corrected chi connectivity index (χ1v) is 7.08. The fourth-order valence-corrected chi connectivity index (χ4v) is 2.30. The summed E-state index contributed by atoms with van der Waals surface area (Å²) in [5.41, 5.74) is 5.55. The fraction of sp³-hybridized carbons (Fsp3) is 0.167. The fourth-order valence-electron chi connectivity index (χ4n) is 1.42. The van der Waals surface area contributed by atoms with Crippen molar-refractivity contribution in [2.45, 2.75) is 17.4 Å². The lowest BCUT2D eigenvalue weighted by atomic mass is 10.2. The predicted octanol–water partition coefficient (Wildman–Crippen LogP) is 2.07. The number of imide groups is 1. The Balaban J connectivity index is 2.06. The molecular weight excluding hydrogens is 316 g/mol. The third-order valence-corrected chi connectivity index (χ3v) is 3.54. The smallest absolute Gasteiger partial charge is 0.318 e. The zero-order chi connectivity index (χ0) is 15.4. The predicted molar refractivity (Wildman–Crippen MR) is 77.8 cm³/mol. The van der Waals surface area contributed by atoms with Gasteiger partial charge in [0, 0.05) is 10.6 Å². The molecule has 7 nitrogen and oxygen atoms in total. The highest BCUT2D eigenvalue weighted by atomic mass is 35.5. The monoisotopic (exact) mass is 326 g/mol. The van der Waals surface area contributed by atoms with Crippen LogP contribution in [0.4, 0.5) is 4.79 Å². The highest BCUT2D eigenvalue weighted by Gasteiger charge is 2.19. The molecule has 0 unspecified atom stereocenters. The van der Waals surface area contributed by atoms with E-state index in [1.54, 1.807) is 31.2 Å². The summed E-state index contributed by atoms with van der Waals surface area (Å²) in [6.45, 7) is 1.59. The number of carbonyl (C=O) groups excluding carboxylic acids is 2. The summed E-state index contributed by atoms with van der Waals surface area (Å²) in [5.74, 6) is -0.238. The number of carbonyl (C=O) groups is 2. The normalized spacial score (nSPS) is 11.9. The Morgan fingerprint density at radius 2 is 2.19 bits per heavy atom. The van der Waals surface area contributed by atoms with E-state index in [4.69, 9.17) is 21.8 Å². The summed E-state index contributed by atoms with van der Waals surface area (Å²) in [6, 6.07) is 6.05. The quantitative estimate of drug-likeness (QED) is 0.832. The van der Waals surface area contributed by atoms with Gasteiger partial charge in [0.25, 0.3) is 5.22 Å². The largest absolute Gasteiger partial charge is 0.411 e. The molecule has 0 aliphatic carbocycles. The number of nitrogens with two attached hydrogens (primary N) is 1. The lowest BCUT2D eigenvalue weighted by Crippen LogP contribution is -2.39. The number of hydrogen-bond acceptors (Lipinski definition) is 6. The first kappa shape index (κ1) is 15.3. The number of primary amides is 1. The van der Waals surface area contributed by atoms with Crippen molar-refractivity contribution in [2.75, 3.05) is 0 Å². The number of halogens is 1. The molecule has 0 saturated heterocycles. The van der Waals surface area contributed by atoms with Gasteiger partial charge in [-0.1, -0.05) is 29.4 Å². The Kier molecular flexibility index (Phi) is 4.81. The Morgan fingerprint density at radius 1 is 1.43 bits per heavy atom. The van der Waals surface area contributed by atoms with Gasteiger partial charge < -0.3 is 10.2 Å². The Bertz CT molecular complexity index is 676. The lowest BCUT2D eigenvalue weighted by molar-refractivity contribution is -0.119. The molecule has 0 bridgehead atoms. The molecule has 9 heteroatoms. The minimum Gasteiger partial charge on any atom is -0.411 e. The van der Waals surface area contributed by atoms with Crippen LogP contribution in [0.2, 0.25) is 5.02 Å². The molecule has 3 N–H and O–H groups in total. The molecule has 1 aromatic heterocycles. The van der Waals surface area contributed by atoms with E-state index in [0.29, 0.717) is 16.5 Å². The molecule has 110 valence electrons. The van der Waals surface area contributed by atoms with E-state index >= 15 is 0 Å². The van der Waals surface area contributed by atoms with Crippen LogP contribution in [0.5, 0.6) is 0 Å². The Labute approximate surface area is 129 Å². The number of rotatable bonds is 4. The van der Waals surface area contributed by atoms with Crippen LogP contribution < -0.4 is 11.1 Å². The number of urea groups is 1. The van der Waals surface area contributed by atoms with Gasteiger partial charge in [-0.25, -0.2) is 4.79 Å². The van der Waals surface area contributed by atoms with Gasteiger partial charge in [0.2, 0.25) is 11.8 Å². The number of nitrogens with one attached hydrogen (secondary N) is 1. The molecule has 1 aromatic carbocycles. The molecule has 2 aromatic rings. The van der Waals surface area contributed by atoms with Crippen LogP contribution in [0.1, 0.15) is 6.92 Å². The number of amides is 3. The second kappa shape index (κ2) is 6.59. The Morgan fingerprint density at radius 3 is 2.86 bits per heavy atom. The minimum atomic E-state index is -0.905. The van der Waals surface area contributed by atoms with Gasteiger partial charge in [0.05, 0.1) is 5.25 Å². The van der Waals surface area contributed by atoms with Crippen LogP contribution >= 0.6 is 23.4 Å². The van der Waals surface area contributed by atoms with Crippen molar-refractivity contribution in [3.05, 3.63) is 29.3 Å². The van der Waals surface area contributed by atoms with Crippen molar-refractivity contribution >= 4 is 35.3 Å². The summed E-state index contributed by atoms with van der Waals surface area (Å²) in [6.07, 6.45) is 0. The van der Waals surface area contributed by atoms with E-state index in [9.17, 15) is 9.59 Å². The number of thioether (sulfide) groups is 1. The van der Waals surface area contributed by atoms with Crippen molar-refractivity contribution < 1.29 is 14.0 Å². The number of benzene rings is 1. The topological polar surface area (TPSA) is 111 Å². The average molecular weight is 327 g/mol. The van der Waals surface area contributed by atoms with Crippen LogP contribution in [0.15, 0.2) is 33.9 Å². The van der Waals surface area contributed by atoms with Gasteiger partial charge in [0.15, 0.2) is 0 Å². The molecule has 3 amide bonds. The third kappa shape index (κ3) is 4.20. The molecule has 0 saturated carbocycles. The third-order valence-electron chi connectivity index (χ3n) is 2.37. The van der Waals surface area contributed by atoms with E-state index in [0.717, 1.165) is 11.8 Å². The van der Waals surface area contributed by atoms with E-state index in [2.05, 4.69) is 10.2 Å². The van der Waals surface area contributed by atoms with Gasteiger partial charge in [-0.05, 0) is 25.1 Å². The summed E-state index contributed by atoms with van der Waals surface area (Å²) in [4.78, 5) is 22.1. The number of aromatic nitrogens is 2. The second-order valence-corrected chi connectivity index (χ2v) is 5.73. The molecule has 0 aliphatic rings. The summed E-state index contributed by atoms with van der Waals surface area (Å²) in [5, 5.41) is 9.84. The molecule has 1 atom stereocenters. The summed E-state index contributed by atoms with van der Waals surface area (Å²) >= 11 is 6.90. The van der Waals surface area contributed by atoms with Crippen LogP contribution in [0.25, 0.3) is 11.5 Å². The molecule has 2 rings (SSSR count). The highest BCUT2D eigenvalue weighted by molar-refractivity contribution is 8.00. The first-order chi connectivity index (χ1) is 9.95. The van der Waals surface area contributed by atoms with Crippen molar-refractivity contribution in [3.8, 4) is 11.5 Å². The van der Waals surface area contributed by atoms with Crippen LogP contribution in [-0.2, 0) is 4.79 Å². The average Bonchev–Trinajstić information content (AvgIpc) is 2.86. The first-order valence-electron chi connectivity index (χ1n) is 5.82. The molecular formula is C12H11ClN4O3S. The SMILES string of the molecule is C[C@@H](Sc1nnc(-c2cccc(Cl)c2)o1)C(=O)NC(N)=O. The molecule has 0 aliphatic heterocycles. The van der Waals surface area contributed by atoms with Crippen LogP contribution in [-0.4, -0.2) is 27.4 Å². The van der Waals surface area contributed by atoms with Crippen LogP contribution in [0, 0.1) is 0 Å². The van der Waals surface area contributed by atoms with E-state index in [1.807, 2.05) is 5.32 Å². The van der Waals surface area contributed by atoms with E-state index < -0.39 is 17.2 Å². The molecule has 1 heterocycles. The van der Waals surface area contributed by atoms with Gasteiger partial charge in [-0.15, -0.1) is 10.2 Å². The lowest BCUT2D eigenvalue weighted by Gasteiger charge is -2.06. The molecule has 0 fully saturated rings.